The predicted molar refractivity (Wildman–Crippen MR) is 102 cm³/mol. The number of aryl methyl sites for hydroxylation is 1. The SMILES string of the molecule is CCc1nc(C(=O)OCc2ccccc2)c(COCc2ccccc2)s1. The first kappa shape index (κ1) is 18.3. The van der Waals surface area contributed by atoms with Crippen molar-refractivity contribution in [1.29, 1.82) is 0 Å². The van der Waals surface area contributed by atoms with Gasteiger partial charge in [0.15, 0.2) is 5.69 Å². The highest BCUT2D eigenvalue weighted by Crippen LogP contribution is 2.22. The number of carbonyl (C=O) groups is 1. The van der Waals surface area contributed by atoms with Crippen molar-refractivity contribution in [2.75, 3.05) is 0 Å². The Morgan fingerprint density at radius 1 is 0.923 bits per heavy atom. The fourth-order valence-electron chi connectivity index (χ4n) is 2.44. The minimum atomic E-state index is -0.400. The van der Waals surface area contributed by atoms with E-state index >= 15 is 0 Å². The third kappa shape index (κ3) is 5.00. The zero-order chi connectivity index (χ0) is 18.2. The molecular formula is C21H21NO3S. The monoisotopic (exact) mass is 367 g/mol. The summed E-state index contributed by atoms with van der Waals surface area (Å²) in [5.74, 6) is -0.400. The van der Waals surface area contributed by atoms with Gasteiger partial charge in [0, 0.05) is 0 Å². The number of nitrogens with zero attached hydrogens (tertiary/aromatic N) is 1. The normalized spacial score (nSPS) is 10.7. The molecule has 0 unspecified atom stereocenters. The van der Waals surface area contributed by atoms with Crippen LogP contribution in [0, 0.1) is 0 Å². The van der Waals surface area contributed by atoms with E-state index < -0.39 is 5.97 Å². The predicted octanol–water partition coefficient (Wildman–Crippen LogP) is 4.78. The summed E-state index contributed by atoms with van der Waals surface area (Å²) in [6.45, 7) is 3.11. The Labute approximate surface area is 157 Å². The first-order chi connectivity index (χ1) is 12.8. The Morgan fingerprint density at radius 3 is 2.15 bits per heavy atom. The Balaban J connectivity index is 1.62. The van der Waals surface area contributed by atoms with Gasteiger partial charge in [-0.2, -0.15) is 0 Å². The van der Waals surface area contributed by atoms with Crippen LogP contribution in [0.5, 0.6) is 0 Å². The first-order valence-electron chi connectivity index (χ1n) is 8.57. The maximum absolute atomic E-state index is 12.5. The molecule has 0 fully saturated rings. The number of ether oxygens (including phenoxy) is 2. The maximum Gasteiger partial charge on any atom is 0.358 e. The lowest BCUT2D eigenvalue weighted by molar-refractivity contribution is 0.0458. The molecule has 0 radical (unpaired) electrons. The largest absolute Gasteiger partial charge is 0.456 e. The minimum Gasteiger partial charge on any atom is -0.456 e. The zero-order valence-corrected chi connectivity index (χ0v) is 15.5. The van der Waals surface area contributed by atoms with Gasteiger partial charge in [-0.1, -0.05) is 67.6 Å². The van der Waals surface area contributed by atoms with Gasteiger partial charge in [-0.25, -0.2) is 9.78 Å². The number of hydrogen-bond donors (Lipinski definition) is 0. The van der Waals surface area contributed by atoms with E-state index in [1.54, 1.807) is 0 Å². The number of hydrogen-bond acceptors (Lipinski definition) is 5. The molecule has 2 aromatic carbocycles. The maximum atomic E-state index is 12.5. The van der Waals surface area contributed by atoms with Gasteiger partial charge in [0.25, 0.3) is 0 Å². The van der Waals surface area contributed by atoms with E-state index in [2.05, 4.69) is 4.98 Å². The summed E-state index contributed by atoms with van der Waals surface area (Å²) in [7, 11) is 0. The molecule has 0 amide bonds. The molecule has 5 heteroatoms. The average Bonchev–Trinajstić information content (AvgIpc) is 3.11. The highest BCUT2D eigenvalue weighted by molar-refractivity contribution is 7.11. The molecule has 1 heterocycles. The minimum absolute atomic E-state index is 0.239. The van der Waals surface area contributed by atoms with Crippen molar-refractivity contribution in [2.45, 2.75) is 33.2 Å². The molecule has 3 aromatic rings. The van der Waals surface area contributed by atoms with Crippen LogP contribution in [0.15, 0.2) is 60.7 Å². The summed E-state index contributed by atoms with van der Waals surface area (Å²) in [6, 6.07) is 19.6. The molecule has 0 aliphatic heterocycles. The molecule has 0 saturated heterocycles. The number of rotatable bonds is 8. The molecule has 134 valence electrons. The van der Waals surface area contributed by atoms with Gasteiger partial charge in [-0.15, -0.1) is 11.3 Å². The second-order valence-corrected chi connectivity index (χ2v) is 6.94. The topological polar surface area (TPSA) is 48.4 Å². The highest BCUT2D eigenvalue weighted by atomic mass is 32.1. The van der Waals surface area contributed by atoms with Crippen molar-refractivity contribution in [1.82, 2.24) is 4.98 Å². The van der Waals surface area contributed by atoms with Gasteiger partial charge in [0.1, 0.15) is 6.61 Å². The van der Waals surface area contributed by atoms with E-state index in [0.29, 0.717) is 18.9 Å². The van der Waals surface area contributed by atoms with Crippen LogP contribution in [0.4, 0.5) is 0 Å². The van der Waals surface area contributed by atoms with Gasteiger partial charge in [-0.3, -0.25) is 0 Å². The number of carbonyl (C=O) groups excluding carboxylic acids is 1. The van der Waals surface area contributed by atoms with Gasteiger partial charge >= 0.3 is 5.97 Å². The lowest BCUT2D eigenvalue weighted by Crippen LogP contribution is -2.09. The van der Waals surface area contributed by atoms with Gasteiger partial charge in [0.05, 0.1) is 23.1 Å². The van der Waals surface area contributed by atoms with Crippen molar-refractivity contribution in [3.05, 3.63) is 87.4 Å². The molecule has 0 bridgehead atoms. The smallest absolute Gasteiger partial charge is 0.358 e. The summed E-state index contributed by atoms with van der Waals surface area (Å²) in [6.07, 6.45) is 0.780. The molecule has 0 spiro atoms. The summed E-state index contributed by atoms with van der Waals surface area (Å²) >= 11 is 1.51. The van der Waals surface area contributed by atoms with Crippen LogP contribution >= 0.6 is 11.3 Å². The average molecular weight is 367 g/mol. The van der Waals surface area contributed by atoms with Crippen LogP contribution < -0.4 is 0 Å². The molecule has 0 aliphatic rings. The number of aromatic nitrogens is 1. The van der Waals surface area contributed by atoms with Crippen molar-refractivity contribution in [3.63, 3.8) is 0 Å². The van der Waals surface area contributed by atoms with E-state index in [4.69, 9.17) is 9.47 Å². The van der Waals surface area contributed by atoms with Gasteiger partial charge < -0.3 is 9.47 Å². The molecule has 1 aromatic heterocycles. The van der Waals surface area contributed by atoms with Crippen LogP contribution in [0.3, 0.4) is 0 Å². The molecule has 4 nitrogen and oxygen atoms in total. The second-order valence-electron chi connectivity index (χ2n) is 5.77. The summed E-state index contributed by atoms with van der Waals surface area (Å²) in [5.41, 5.74) is 2.42. The number of esters is 1. The van der Waals surface area contributed by atoms with Crippen LogP contribution in [0.1, 0.15) is 38.4 Å². The van der Waals surface area contributed by atoms with Gasteiger partial charge in [-0.05, 0) is 17.5 Å². The van der Waals surface area contributed by atoms with Crippen LogP contribution in [0.25, 0.3) is 0 Å². The Morgan fingerprint density at radius 2 is 1.54 bits per heavy atom. The summed E-state index contributed by atoms with van der Waals surface area (Å²) < 4.78 is 11.2. The second kappa shape index (κ2) is 9.27. The van der Waals surface area contributed by atoms with E-state index in [9.17, 15) is 4.79 Å². The fraction of sp³-hybridized carbons (Fsp3) is 0.238. The third-order valence-corrected chi connectivity index (χ3v) is 4.97. The van der Waals surface area contributed by atoms with Crippen molar-refractivity contribution in [3.8, 4) is 0 Å². The van der Waals surface area contributed by atoms with Crippen molar-refractivity contribution < 1.29 is 14.3 Å². The molecule has 0 N–H and O–H groups in total. The zero-order valence-electron chi connectivity index (χ0n) is 14.7. The van der Waals surface area contributed by atoms with Crippen molar-refractivity contribution >= 4 is 17.3 Å². The summed E-state index contributed by atoms with van der Waals surface area (Å²) in [4.78, 5) is 17.7. The Hall–Kier alpha value is -2.50. The quantitative estimate of drug-likeness (QED) is 0.538. The van der Waals surface area contributed by atoms with Gasteiger partial charge in [0.2, 0.25) is 0 Å². The molecule has 0 aliphatic carbocycles. The molecular weight excluding hydrogens is 346 g/mol. The van der Waals surface area contributed by atoms with Crippen molar-refractivity contribution in [2.24, 2.45) is 0 Å². The van der Waals surface area contributed by atoms with Crippen LogP contribution in [-0.2, 0) is 35.7 Å². The van der Waals surface area contributed by atoms with E-state index in [0.717, 1.165) is 27.4 Å². The van der Waals surface area contributed by atoms with Crippen LogP contribution in [0.2, 0.25) is 0 Å². The lowest BCUT2D eigenvalue weighted by atomic mass is 10.2. The highest BCUT2D eigenvalue weighted by Gasteiger charge is 2.19. The summed E-state index contributed by atoms with van der Waals surface area (Å²) in [5, 5.41) is 0.912. The van der Waals surface area contributed by atoms with E-state index in [1.807, 2.05) is 67.6 Å². The fourth-order valence-corrected chi connectivity index (χ4v) is 3.37. The number of thiazole rings is 1. The molecule has 26 heavy (non-hydrogen) atoms. The molecule has 0 saturated carbocycles. The lowest BCUT2D eigenvalue weighted by Gasteiger charge is -2.06. The first-order valence-corrected chi connectivity index (χ1v) is 9.39. The number of benzene rings is 2. The standard InChI is InChI=1S/C21H21NO3S/c1-2-19-22-20(21(23)25-14-17-11-7-4-8-12-17)18(26-19)15-24-13-16-9-5-3-6-10-16/h3-12H,2,13-15H2,1H3. The molecule has 3 rings (SSSR count). The Kier molecular flexibility index (Phi) is 6.52. The van der Waals surface area contributed by atoms with E-state index in [-0.39, 0.29) is 6.61 Å². The van der Waals surface area contributed by atoms with Crippen LogP contribution in [-0.4, -0.2) is 11.0 Å². The third-order valence-electron chi connectivity index (χ3n) is 3.79. The van der Waals surface area contributed by atoms with E-state index in [1.165, 1.54) is 11.3 Å². The Bertz CT molecular complexity index is 831. The molecule has 0 atom stereocenters.